The molecule has 1 saturated carbocycles. The summed E-state index contributed by atoms with van der Waals surface area (Å²) < 4.78 is 0. The van der Waals surface area contributed by atoms with E-state index >= 15 is 0 Å². The van der Waals surface area contributed by atoms with Gasteiger partial charge in [0.05, 0.1) is 5.41 Å². The third-order valence-electron chi connectivity index (χ3n) is 3.07. The van der Waals surface area contributed by atoms with Crippen LogP contribution in [0.3, 0.4) is 0 Å². The topological polar surface area (TPSA) is 66.4 Å². The number of carbonyl (C=O) groups is 2. The molecule has 4 heteroatoms. The van der Waals surface area contributed by atoms with Gasteiger partial charge in [0.2, 0.25) is 5.91 Å². The molecule has 0 saturated heterocycles. The molecule has 80 valence electrons. The second-order valence-corrected chi connectivity index (χ2v) is 4.22. The summed E-state index contributed by atoms with van der Waals surface area (Å²) in [4.78, 5) is 22.0. The molecule has 0 aromatic rings. The van der Waals surface area contributed by atoms with Crippen molar-refractivity contribution in [2.45, 2.75) is 45.6 Å². The lowest BCUT2D eigenvalue weighted by atomic mass is 9.71. The molecule has 1 rings (SSSR count). The summed E-state index contributed by atoms with van der Waals surface area (Å²) in [6.07, 6.45) is 3.34. The summed E-state index contributed by atoms with van der Waals surface area (Å²) in [7, 11) is 0. The zero-order chi connectivity index (χ0) is 10.8. The molecule has 0 bridgehead atoms. The van der Waals surface area contributed by atoms with Crippen molar-refractivity contribution in [2.24, 2.45) is 5.41 Å². The highest BCUT2D eigenvalue weighted by atomic mass is 16.4. The molecule has 1 fully saturated rings. The Hall–Kier alpha value is -1.06. The van der Waals surface area contributed by atoms with Crippen molar-refractivity contribution in [3.63, 3.8) is 0 Å². The van der Waals surface area contributed by atoms with E-state index in [0.29, 0.717) is 6.42 Å². The van der Waals surface area contributed by atoms with Gasteiger partial charge in [-0.3, -0.25) is 9.59 Å². The summed E-state index contributed by atoms with van der Waals surface area (Å²) in [6, 6.07) is -0.216. The maximum absolute atomic E-state index is 11.1. The van der Waals surface area contributed by atoms with Gasteiger partial charge in [0, 0.05) is 13.0 Å². The zero-order valence-electron chi connectivity index (χ0n) is 8.67. The van der Waals surface area contributed by atoms with E-state index in [1.54, 1.807) is 6.92 Å². The molecule has 2 N–H and O–H groups in total. The van der Waals surface area contributed by atoms with Gasteiger partial charge >= 0.3 is 5.97 Å². The number of carbonyl (C=O) groups excluding carboxylic acids is 1. The highest BCUT2D eigenvalue weighted by molar-refractivity contribution is 5.78. The maximum Gasteiger partial charge on any atom is 0.311 e. The van der Waals surface area contributed by atoms with E-state index in [1.165, 1.54) is 6.92 Å². The van der Waals surface area contributed by atoms with Gasteiger partial charge in [0.1, 0.15) is 0 Å². The van der Waals surface area contributed by atoms with Crippen molar-refractivity contribution < 1.29 is 14.7 Å². The Morgan fingerprint density at radius 1 is 1.43 bits per heavy atom. The van der Waals surface area contributed by atoms with Crippen LogP contribution in [0.1, 0.15) is 39.5 Å². The smallest absolute Gasteiger partial charge is 0.311 e. The van der Waals surface area contributed by atoms with Crippen molar-refractivity contribution in [3.05, 3.63) is 0 Å². The predicted molar refractivity (Wildman–Crippen MR) is 51.8 cm³/mol. The highest BCUT2D eigenvalue weighted by Gasteiger charge is 2.43. The maximum atomic E-state index is 11.1. The van der Waals surface area contributed by atoms with Crippen LogP contribution in [-0.4, -0.2) is 23.0 Å². The van der Waals surface area contributed by atoms with Crippen molar-refractivity contribution in [2.75, 3.05) is 0 Å². The molecule has 0 spiro atoms. The second kappa shape index (κ2) is 3.98. The average Bonchev–Trinajstić information content (AvgIpc) is 2.08. The Balaban J connectivity index is 2.77. The Kier molecular flexibility index (Phi) is 3.13. The van der Waals surface area contributed by atoms with Crippen molar-refractivity contribution >= 4 is 11.9 Å². The van der Waals surface area contributed by atoms with Gasteiger partial charge < -0.3 is 10.4 Å². The number of amides is 1. The van der Waals surface area contributed by atoms with Gasteiger partial charge in [-0.15, -0.1) is 0 Å². The molecule has 0 aromatic carbocycles. The molecule has 0 aliphatic heterocycles. The third-order valence-corrected chi connectivity index (χ3v) is 3.07. The largest absolute Gasteiger partial charge is 0.481 e. The molecule has 14 heavy (non-hydrogen) atoms. The average molecular weight is 199 g/mol. The Morgan fingerprint density at radius 2 is 2.07 bits per heavy atom. The molecule has 0 radical (unpaired) electrons. The van der Waals surface area contributed by atoms with Gasteiger partial charge in [0.15, 0.2) is 0 Å². The Labute approximate surface area is 83.7 Å². The van der Waals surface area contributed by atoms with Gasteiger partial charge in [-0.05, 0) is 19.8 Å². The molecule has 2 atom stereocenters. The number of carboxylic acid groups (broad SMARTS) is 1. The van der Waals surface area contributed by atoms with E-state index < -0.39 is 11.4 Å². The van der Waals surface area contributed by atoms with Crippen LogP contribution in [0.25, 0.3) is 0 Å². The fourth-order valence-corrected chi connectivity index (χ4v) is 2.07. The van der Waals surface area contributed by atoms with Crippen LogP contribution >= 0.6 is 0 Å². The molecule has 1 aliphatic carbocycles. The molecule has 4 nitrogen and oxygen atoms in total. The fourth-order valence-electron chi connectivity index (χ4n) is 2.07. The first-order valence-corrected chi connectivity index (χ1v) is 4.97. The molecule has 0 aromatic heterocycles. The van der Waals surface area contributed by atoms with Crippen LogP contribution in [0.5, 0.6) is 0 Å². The van der Waals surface area contributed by atoms with Crippen LogP contribution in [0.15, 0.2) is 0 Å². The molecule has 1 aliphatic rings. The quantitative estimate of drug-likeness (QED) is 0.701. The van der Waals surface area contributed by atoms with E-state index in [-0.39, 0.29) is 11.9 Å². The Bertz CT molecular complexity index is 252. The van der Waals surface area contributed by atoms with Crippen molar-refractivity contribution in [1.82, 2.24) is 5.32 Å². The van der Waals surface area contributed by atoms with E-state index in [1.807, 2.05) is 0 Å². The van der Waals surface area contributed by atoms with Crippen LogP contribution in [0.2, 0.25) is 0 Å². The van der Waals surface area contributed by atoms with E-state index in [4.69, 9.17) is 5.11 Å². The standard InChI is InChI=1S/C10H17NO3/c1-7(12)11-8-5-3-4-6-10(8,2)9(13)14/h8H,3-6H2,1-2H3,(H,11,12)(H,13,14). The lowest BCUT2D eigenvalue weighted by Crippen LogP contribution is -2.51. The van der Waals surface area contributed by atoms with Gasteiger partial charge in [-0.2, -0.15) is 0 Å². The van der Waals surface area contributed by atoms with Crippen LogP contribution in [0.4, 0.5) is 0 Å². The summed E-state index contributed by atoms with van der Waals surface area (Å²) in [6.45, 7) is 3.14. The first kappa shape index (κ1) is 11.0. The molecule has 1 amide bonds. The minimum Gasteiger partial charge on any atom is -0.481 e. The lowest BCUT2D eigenvalue weighted by Gasteiger charge is -2.38. The van der Waals surface area contributed by atoms with E-state index in [9.17, 15) is 9.59 Å². The summed E-state index contributed by atoms with van der Waals surface area (Å²) in [5, 5.41) is 11.9. The minimum atomic E-state index is -0.809. The molecular weight excluding hydrogens is 182 g/mol. The monoisotopic (exact) mass is 199 g/mol. The summed E-state index contributed by atoms with van der Waals surface area (Å²) in [5.41, 5.74) is -0.788. The van der Waals surface area contributed by atoms with Crippen molar-refractivity contribution in [3.8, 4) is 0 Å². The number of aliphatic carboxylic acids is 1. The number of rotatable bonds is 2. The number of hydrogen-bond acceptors (Lipinski definition) is 2. The minimum absolute atomic E-state index is 0.149. The van der Waals surface area contributed by atoms with Crippen LogP contribution in [-0.2, 0) is 9.59 Å². The van der Waals surface area contributed by atoms with E-state index in [2.05, 4.69) is 5.32 Å². The Morgan fingerprint density at radius 3 is 2.57 bits per heavy atom. The summed E-state index contributed by atoms with van der Waals surface area (Å²) >= 11 is 0. The second-order valence-electron chi connectivity index (χ2n) is 4.22. The molecule has 2 unspecified atom stereocenters. The van der Waals surface area contributed by atoms with Crippen LogP contribution in [0, 0.1) is 5.41 Å². The third kappa shape index (κ3) is 2.05. The van der Waals surface area contributed by atoms with Gasteiger partial charge in [-0.25, -0.2) is 0 Å². The lowest BCUT2D eigenvalue weighted by molar-refractivity contribution is -0.152. The van der Waals surface area contributed by atoms with Gasteiger partial charge in [-0.1, -0.05) is 12.8 Å². The highest BCUT2D eigenvalue weighted by Crippen LogP contribution is 2.36. The first-order chi connectivity index (χ1) is 6.47. The number of hydrogen-bond donors (Lipinski definition) is 2. The normalized spacial score (nSPS) is 32.3. The van der Waals surface area contributed by atoms with Gasteiger partial charge in [0.25, 0.3) is 0 Å². The molecular formula is C10H17NO3. The zero-order valence-corrected chi connectivity index (χ0v) is 8.67. The molecule has 0 heterocycles. The first-order valence-electron chi connectivity index (χ1n) is 4.97. The predicted octanol–water partition coefficient (Wildman–Crippen LogP) is 1.16. The van der Waals surface area contributed by atoms with Crippen molar-refractivity contribution in [1.29, 1.82) is 0 Å². The number of nitrogens with one attached hydrogen (secondary N) is 1. The fraction of sp³-hybridized carbons (Fsp3) is 0.800. The van der Waals surface area contributed by atoms with E-state index in [0.717, 1.165) is 19.3 Å². The van der Waals surface area contributed by atoms with Crippen LogP contribution < -0.4 is 5.32 Å². The summed E-state index contributed by atoms with van der Waals surface area (Å²) in [5.74, 6) is -0.958. The SMILES string of the molecule is CC(=O)NC1CCCCC1(C)C(=O)O. The number of carboxylic acids is 1.